The van der Waals surface area contributed by atoms with E-state index >= 15 is 0 Å². The quantitative estimate of drug-likeness (QED) is 0.708. The third-order valence-corrected chi connectivity index (χ3v) is 5.12. The van der Waals surface area contributed by atoms with Crippen LogP contribution in [0.1, 0.15) is 33.1 Å². The largest absolute Gasteiger partial charge is 0.314 e. The molecule has 0 saturated carbocycles. The van der Waals surface area contributed by atoms with Crippen LogP contribution >= 0.6 is 0 Å². The lowest BCUT2D eigenvalue weighted by Gasteiger charge is -2.38. The minimum Gasteiger partial charge on any atom is -0.314 e. The van der Waals surface area contributed by atoms with Crippen LogP contribution in [-0.2, 0) is 9.84 Å². The lowest BCUT2D eigenvalue weighted by Crippen LogP contribution is -2.41. The monoisotopic (exact) mass is 276 g/mol. The second-order valence-electron chi connectivity index (χ2n) is 5.89. The molecule has 18 heavy (non-hydrogen) atoms. The molecule has 0 atom stereocenters. The number of rotatable bonds is 7. The van der Waals surface area contributed by atoms with E-state index in [-0.39, 0.29) is 5.75 Å². The van der Waals surface area contributed by atoms with Crippen molar-refractivity contribution in [2.75, 3.05) is 44.7 Å². The molecule has 0 amide bonds. The average molecular weight is 276 g/mol. The fraction of sp³-hybridized carbons (Fsp3) is 1.00. The standard InChI is InChI=1S/C13H28N2O2S/c1-4-13(2)5-9-15(10-6-13)11-7-14-8-12-18(3,16)17/h14H,4-12H2,1-3H3. The summed E-state index contributed by atoms with van der Waals surface area (Å²) < 4.78 is 21.9. The first-order valence-corrected chi connectivity index (χ1v) is 9.01. The molecule has 1 heterocycles. The summed E-state index contributed by atoms with van der Waals surface area (Å²) in [6.45, 7) is 9.51. The maximum Gasteiger partial charge on any atom is 0.148 e. The molecule has 0 aliphatic carbocycles. The molecule has 0 bridgehead atoms. The van der Waals surface area contributed by atoms with Crippen molar-refractivity contribution < 1.29 is 8.42 Å². The van der Waals surface area contributed by atoms with Gasteiger partial charge in [-0.25, -0.2) is 8.42 Å². The molecule has 1 rings (SSSR count). The first-order chi connectivity index (χ1) is 8.35. The highest BCUT2D eigenvalue weighted by atomic mass is 32.2. The Morgan fingerprint density at radius 2 is 1.83 bits per heavy atom. The minimum absolute atomic E-state index is 0.237. The molecule has 0 aromatic carbocycles. The number of sulfone groups is 1. The predicted molar refractivity (Wildman–Crippen MR) is 76.7 cm³/mol. The zero-order valence-electron chi connectivity index (χ0n) is 12.0. The second-order valence-corrected chi connectivity index (χ2v) is 8.15. The summed E-state index contributed by atoms with van der Waals surface area (Å²) in [5, 5.41) is 3.20. The Morgan fingerprint density at radius 3 is 2.33 bits per heavy atom. The van der Waals surface area contributed by atoms with Crippen molar-refractivity contribution in [2.45, 2.75) is 33.1 Å². The van der Waals surface area contributed by atoms with Gasteiger partial charge in [0.1, 0.15) is 9.84 Å². The van der Waals surface area contributed by atoms with E-state index in [2.05, 4.69) is 24.1 Å². The molecule has 108 valence electrons. The smallest absolute Gasteiger partial charge is 0.148 e. The van der Waals surface area contributed by atoms with Crippen LogP contribution in [0.5, 0.6) is 0 Å². The maximum atomic E-state index is 11.0. The van der Waals surface area contributed by atoms with Crippen molar-refractivity contribution in [3.8, 4) is 0 Å². The molecule has 0 spiro atoms. The topological polar surface area (TPSA) is 49.4 Å². The van der Waals surface area contributed by atoms with E-state index in [0.717, 1.165) is 13.1 Å². The molecule has 5 heteroatoms. The highest BCUT2D eigenvalue weighted by Crippen LogP contribution is 2.33. The molecular weight excluding hydrogens is 248 g/mol. The fourth-order valence-electron chi connectivity index (χ4n) is 2.29. The van der Waals surface area contributed by atoms with Crippen LogP contribution in [0.25, 0.3) is 0 Å². The second kappa shape index (κ2) is 6.87. The summed E-state index contributed by atoms with van der Waals surface area (Å²) in [4.78, 5) is 2.48. The zero-order chi connectivity index (χ0) is 13.6. The summed E-state index contributed by atoms with van der Waals surface area (Å²) >= 11 is 0. The van der Waals surface area contributed by atoms with Crippen molar-refractivity contribution in [1.29, 1.82) is 0 Å². The van der Waals surface area contributed by atoms with Crippen molar-refractivity contribution in [3.63, 3.8) is 0 Å². The summed E-state index contributed by atoms with van der Waals surface area (Å²) in [6, 6.07) is 0. The molecule has 0 aromatic heterocycles. The van der Waals surface area contributed by atoms with Gasteiger partial charge in [-0.2, -0.15) is 0 Å². The van der Waals surface area contributed by atoms with Crippen LogP contribution in [0.4, 0.5) is 0 Å². The van der Waals surface area contributed by atoms with E-state index in [4.69, 9.17) is 0 Å². The number of piperidine rings is 1. The van der Waals surface area contributed by atoms with Gasteiger partial charge < -0.3 is 10.2 Å². The van der Waals surface area contributed by atoms with Crippen molar-refractivity contribution in [1.82, 2.24) is 10.2 Å². The maximum absolute atomic E-state index is 11.0. The van der Waals surface area contributed by atoms with Crippen LogP contribution in [0.3, 0.4) is 0 Å². The number of nitrogens with zero attached hydrogens (tertiary/aromatic N) is 1. The van der Waals surface area contributed by atoms with Gasteiger partial charge in [0.05, 0.1) is 5.75 Å². The number of hydrogen-bond acceptors (Lipinski definition) is 4. The molecule has 1 N–H and O–H groups in total. The van der Waals surface area contributed by atoms with Crippen LogP contribution < -0.4 is 5.32 Å². The van der Waals surface area contributed by atoms with Gasteiger partial charge in [-0.3, -0.25) is 0 Å². The van der Waals surface area contributed by atoms with Crippen LogP contribution in [-0.4, -0.2) is 58.1 Å². The van der Waals surface area contributed by atoms with Crippen LogP contribution in [0.15, 0.2) is 0 Å². The summed E-state index contributed by atoms with van der Waals surface area (Å²) in [6.07, 6.45) is 5.12. The first kappa shape index (κ1) is 15.9. The Morgan fingerprint density at radius 1 is 1.22 bits per heavy atom. The average Bonchev–Trinajstić information content (AvgIpc) is 2.30. The van der Waals surface area contributed by atoms with E-state index < -0.39 is 9.84 Å². The molecule has 1 fully saturated rings. The van der Waals surface area contributed by atoms with Gasteiger partial charge in [0.2, 0.25) is 0 Å². The Kier molecular flexibility index (Phi) is 6.08. The summed E-state index contributed by atoms with van der Waals surface area (Å²) in [5.74, 6) is 0.237. The Labute approximate surface area is 112 Å². The molecule has 0 radical (unpaired) electrons. The van der Waals surface area contributed by atoms with E-state index in [1.54, 1.807) is 0 Å². The Hall–Kier alpha value is -0.130. The Balaban J connectivity index is 2.08. The third kappa shape index (κ3) is 6.16. The normalized spacial score (nSPS) is 21.1. The van der Waals surface area contributed by atoms with Crippen molar-refractivity contribution in [2.24, 2.45) is 5.41 Å². The van der Waals surface area contributed by atoms with Crippen LogP contribution in [0.2, 0.25) is 0 Å². The number of hydrogen-bond donors (Lipinski definition) is 1. The van der Waals surface area contributed by atoms with Crippen molar-refractivity contribution in [3.05, 3.63) is 0 Å². The molecule has 1 saturated heterocycles. The predicted octanol–water partition coefficient (Wildman–Crippen LogP) is 1.13. The van der Waals surface area contributed by atoms with E-state index in [9.17, 15) is 8.42 Å². The molecular formula is C13H28N2O2S. The van der Waals surface area contributed by atoms with Gasteiger partial charge >= 0.3 is 0 Å². The van der Waals surface area contributed by atoms with Crippen molar-refractivity contribution >= 4 is 9.84 Å². The van der Waals surface area contributed by atoms with Gasteiger partial charge in [-0.05, 0) is 31.3 Å². The molecule has 4 nitrogen and oxygen atoms in total. The van der Waals surface area contributed by atoms with Gasteiger partial charge in [0.25, 0.3) is 0 Å². The van der Waals surface area contributed by atoms with Gasteiger partial charge in [0, 0.05) is 25.9 Å². The first-order valence-electron chi connectivity index (χ1n) is 6.95. The van der Waals surface area contributed by atoms with Crippen LogP contribution in [0, 0.1) is 5.41 Å². The van der Waals surface area contributed by atoms with Gasteiger partial charge in [-0.1, -0.05) is 20.3 Å². The summed E-state index contributed by atoms with van der Waals surface area (Å²) in [5.41, 5.74) is 0.542. The van der Waals surface area contributed by atoms with E-state index in [1.165, 1.54) is 38.6 Å². The van der Waals surface area contributed by atoms with E-state index in [0.29, 0.717) is 12.0 Å². The lowest BCUT2D eigenvalue weighted by molar-refractivity contribution is 0.115. The lowest BCUT2D eigenvalue weighted by atomic mass is 9.78. The highest BCUT2D eigenvalue weighted by Gasteiger charge is 2.27. The molecule has 1 aliphatic rings. The number of nitrogens with one attached hydrogen (secondary N) is 1. The summed E-state index contributed by atoms with van der Waals surface area (Å²) in [7, 11) is -2.82. The zero-order valence-corrected chi connectivity index (χ0v) is 12.9. The molecule has 1 aliphatic heterocycles. The molecule has 0 unspecified atom stereocenters. The van der Waals surface area contributed by atoms with E-state index in [1.807, 2.05) is 0 Å². The third-order valence-electron chi connectivity index (χ3n) is 4.17. The van der Waals surface area contributed by atoms with Gasteiger partial charge in [-0.15, -0.1) is 0 Å². The fourth-order valence-corrected chi connectivity index (χ4v) is 2.80. The van der Waals surface area contributed by atoms with Gasteiger partial charge in [0.15, 0.2) is 0 Å². The minimum atomic E-state index is -2.82. The Bertz CT molecular complexity index is 333. The number of likely N-dealkylation sites (tertiary alicyclic amines) is 1. The SMILES string of the molecule is CCC1(C)CCN(CCNCCS(C)(=O)=O)CC1. The molecule has 0 aromatic rings. The highest BCUT2D eigenvalue weighted by molar-refractivity contribution is 7.90.